The molecule has 1 rings (SSSR count). The molecule has 0 spiro atoms. The SMILES string of the molecule is CC(C)(N)CCC(=O)N1C[C@@H](O)[C@@H](O)C1. The predicted molar refractivity (Wildman–Crippen MR) is 56.1 cm³/mol. The van der Waals surface area contributed by atoms with Gasteiger partial charge in [0.05, 0.1) is 12.2 Å². The first-order valence-corrected chi connectivity index (χ1v) is 5.22. The first-order chi connectivity index (χ1) is 6.79. The largest absolute Gasteiger partial charge is 0.388 e. The number of nitrogens with two attached hydrogens (primary N) is 1. The fraction of sp³-hybridized carbons (Fsp3) is 0.900. The van der Waals surface area contributed by atoms with E-state index in [4.69, 9.17) is 5.73 Å². The highest BCUT2D eigenvalue weighted by Gasteiger charge is 2.32. The van der Waals surface area contributed by atoms with Crippen molar-refractivity contribution in [3.05, 3.63) is 0 Å². The average molecular weight is 216 g/mol. The maximum atomic E-state index is 11.6. The number of carbonyl (C=O) groups excluding carboxylic acids is 1. The number of aliphatic hydroxyl groups is 2. The van der Waals surface area contributed by atoms with Crippen molar-refractivity contribution in [1.82, 2.24) is 4.90 Å². The van der Waals surface area contributed by atoms with E-state index >= 15 is 0 Å². The number of hydrogen-bond donors (Lipinski definition) is 3. The van der Waals surface area contributed by atoms with E-state index in [0.717, 1.165) is 0 Å². The molecule has 88 valence electrons. The van der Waals surface area contributed by atoms with Gasteiger partial charge < -0.3 is 20.8 Å². The van der Waals surface area contributed by atoms with Crippen LogP contribution in [0.5, 0.6) is 0 Å². The van der Waals surface area contributed by atoms with Gasteiger partial charge in [0, 0.05) is 25.0 Å². The highest BCUT2D eigenvalue weighted by atomic mass is 16.3. The lowest BCUT2D eigenvalue weighted by Gasteiger charge is -2.20. The molecule has 0 radical (unpaired) electrons. The fourth-order valence-corrected chi connectivity index (χ4v) is 1.56. The second kappa shape index (κ2) is 4.47. The van der Waals surface area contributed by atoms with Gasteiger partial charge in [-0.15, -0.1) is 0 Å². The van der Waals surface area contributed by atoms with Crippen molar-refractivity contribution in [3.8, 4) is 0 Å². The summed E-state index contributed by atoms with van der Waals surface area (Å²) in [7, 11) is 0. The minimum absolute atomic E-state index is 0.0517. The normalized spacial score (nSPS) is 27.1. The van der Waals surface area contributed by atoms with Crippen LogP contribution in [0, 0.1) is 0 Å². The van der Waals surface area contributed by atoms with Crippen molar-refractivity contribution in [2.24, 2.45) is 5.73 Å². The first kappa shape index (κ1) is 12.4. The number of carbonyl (C=O) groups is 1. The zero-order valence-corrected chi connectivity index (χ0v) is 9.31. The molecule has 4 N–H and O–H groups in total. The Balaban J connectivity index is 2.36. The van der Waals surface area contributed by atoms with Crippen molar-refractivity contribution >= 4 is 5.91 Å². The monoisotopic (exact) mass is 216 g/mol. The minimum Gasteiger partial charge on any atom is -0.388 e. The van der Waals surface area contributed by atoms with Crippen LogP contribution in [0.3, 0.4) is 0 Å². The van der Waals surface area contributed by atoms with Crippen LogP contribution in [0.4, 0.5) is 0 Å². The molecule has 0 unspecified atom stereocenters. The van der Waals surface area contributed by atoms with Crippen LogP contribution in [0.1, 0.15) is 26.7 Å². The van der Waals surface area contributed by atoms with Crippen LogP contribution < -0.4 is 5.73 Å². The van der Waals surface area contributed by atoms with E-state index < -0.39 is 12.2 Å². The van der Waals surface area contributed by atoms with Gasteiger partial charge in [0.25, 0.3) is 0 Å². The summed E-state index contributed by atoms with van der Waals surface area (Å²) in [6, 6.07) is 0. The maximum absolute atomic E-state index is 11.6. The molecule has 15 heavy (non-hydrogen) atoms. The quantitative estimate of drug-likeness (QED) is 0.568. The molecule has 1 fully saturated rings. The fourth-order valence-electron chi connectivity index (χ4n) is 1.56. The van der Waals surface area contributed by atoms with Gasteiger partial charge in [0.2, 0.25) is 5.91 Å². The highest BCUT2D eigenvalue weighted by Crippen LogP contribution is 2.14. The van der Waals surface area contributed by atoms with Crippen LogP contribution in [-0.2, 0) is 4.79 Å². The molecule has 0 aromatic carbocycles. The summed E-state index contributed by atoms with van der Waals surface area (Å²) in [6.45, 7) is 4.19. The molecule has 1 aliphatic rings. The Kier molecular flexibility index (Phi) is 3.70. The van der Waals surface area contributed by atoms with E-state index in [1.165, 1.54) is 4.90 Å². The Bertz CT molecular complexity index is 227. The van der Waals surface area contributed by atoms with Crippen LogP contribution in [0.2, 0.25) is 0 Å². The molecule has 0 aromatic heterocycles. The van der Waals surface area contributed by atoms with Crippen molar-refractivity contribution < 1.29 is 15.0 Å². The number of rotatable bonds is 3. The lowest BCUT2D eigenvalue weighted by atomic mass is 10.00. The van der Waals surface area contributed by atoms with E-state index in [1.54, 1.807) is 0 Å². The molecular weight excluding hydrogens is 196 g/mol. The number of likely N-dealkylation sites (tertiary alicyclic amines) is 1. The Morgan fingerprint density at radius 2 is 1.87 bits per heavy atom. The van der Waals surface area contributed by atoms with E-state index in [9.17, 15) is 15.0 Å². The van der Waals surface area contributed by atoms with E-state index in [2.05, 4.69) is 0 Å². The average Bonchev–Trinajstić information content (AvgIpc) is 2.42. The lowest BCUT2D eigenvalue weighted by molar-refractivity contribution is -0.131. The van der Waals surface area contributed by atoms with Crippen molar-refractivity contribution in [1.29, 1.82) is 0 Å². The Hall–Kier alpha value is -0.650. The number of aliphatic hydroxyl groups excluding tert-OH is 2. The summed E-state index contributed by atoms with van der Waals surface area (Å²) in [4.78, 5) is 13.1. The Morgan fingerprint density at radius 3 is 2.27 bits per heavy atom. The first-order valence-electron chi connectivity index (χ1n) is 5.22. The molecular formula is C10H20N2O3. The van der Waals surface area contributed by atoms with Gasteiger partial charge in [-0.3, -0.25) is 4.79 Å². The van der Waals surface area contributed by atoms with Gasteiger partial charge in [-0.25, -0.2) is 0 Å². The number of amides is 1. The molecule has 1 heterocycles. The minimum atomic E-state index is -0.806. The third kappa shape index (κ3) is 3.77. The molecule has 0 bridgehead atoms. The third-order valence-electron chi connectivity index (χ3n) is 2.59. The van der Waals surface area contributed by atoms with Gasteiger partial charge in [0.15, 0.2) is 0 Å². The molecule has 1 amide bonds. The Labute approximate surface area is 89.9 Å². The van der Waals surface area contributed by atoms with Gasteiger partial charge >= 0.3 is 0 Å². The number of hydrogen-bond acceptors (Lipinski definition) is 4. The molecule has 2 atom stereocenters. The summed E-state index contributed by atoms with van der Waals surface area (Å²) in [5, 5.41) is 18.6. The number of β-amino-alcohol motifs (C(OH)–C–C–N with tert-alkyl or cyclic N) is 2. The zero-order valence-electron chi connectivity index (χ0n) is 9.31. The summed E-state index contributed by atoms with van der Waals surface area (Å²) >= 11 is 0. The van der Waals surface area contributed by atoms with E-state index in [1.807, 2.05) is 13.8 Å². The third-order valence-corrected chi connectivity index (χ3v) is 2.59. The molecule has 0 aromatic rings. The summed E-state index contributed by atoms with van der Waals surface area (Å²) in [6.07, 6.45) is -0.642. The van der Waals surface area contributed by atoms with Gasteiger partial charge in [-0.05, 0) is 20.3 Å². The van der Waals surface area contributed by atoms with Gasteiger partial charge in [-0.2, -0.15) is 0 Å². The summed E-state index contributed by atoms with van der Waals surface area (Å²) in [5.41, 5.74) is 5.41. The molecule has 0 saturated carbocycles. The predicted octanol–water partition coefficient (Wildman–Crippen LogP) is -0.932. The summed E-state index contributed by atoms with van der Waals surface area (Å²) < 4.78 is 0. The Morgan fingerprint density at radius 1 is 1.40 bits per heavy atom. The van der Waals surface area contributed by atoms with Crippen LogP contribution in [-0.4, -0.2) is 51.9 Å². The standard InChI is InChI=1S/C10H20N2O3/c1-10(2,11)4-3-9(15)12-5-7(13)8(14)6-12/h7-8,13-14H,3-6,11H2,1-2H3/t7-,8+. The molecule has 1 aliphatic heterocycles. The van der Waals surface area contributed by atoms with Gasteiger partial charge in [-0.1, -0.05) is 0 Å². The van der Waals surface area contributed by atoms with Crippen molar-refractivity contribution in [2.75, 3.05) is 13.1 Å². The van der Waals surface area contributed by atoms with E-state index in [-0.39, 0.29) is 24.5 Å². The van der Waals surface area contributed by atoms with Crippen molar-refractivity contribution in [2.45, 2.75) is 44.4 Å². The highest BCUT2D eigenvalue weighted by molar-refractivity contribution is 5.76. The van der Waals surface area contributed by atoms with Crippen molar-refractivity contribution in [3.63, 3.8) is 0 Å². The summed E-state index contributed by atoms with van der Waals surface area (Å²) in [5.74, 6) is -0.0517. The van der Waals surface area contributed by atoms with Crippen LogP contribution >= 0.6 is 0 Å². The molecule has 5 heteroatoms. The van der Waals surface area contributed by atoms with Gasteiger partial charge in [0.1, 0.15) is 0 Å². The topological polar surface area (TPSA) is 86.8 Å². The molecule has 0 aliphatic carbocycles. The molecule has 1 saturated heterocycles. The second-order valence-electron chi connectivity index (χ2n) is 4.92. The van der Waals surface area contributed by atoms with Crippen LogP contribution in [0.15, 0.2) is 0 Å². The maximum Gasteiger partial charge on any atom is 0.222 e. The lowest BCUT2D eigenvalue weighted by Crippen LogP contribution is -2.36. The van der Waals surface area contributed by atoms with Crippen LogP contribution in [0.25, 0.3) is 0 Å². The zero-order chi connectivity index (χ0) is 11.6. The van der Waals surface area contributed by atoms with E-state index in [0.29, 0.717) is 12.8 Å². The number of nitrogens with zero attached hydrogens (tertiary/aromatic N) is 1. The molecule has 5 nitrogen and oxygen atoms in total. The second-order valence-corrected chi connectivity index (χ2v) is 4.92. The smallest absolute Gasteiger partial charge is 0.222 e.